The topological polar surface area (TPSA) is 84.7 Å². The Hall–Kier alpha value is -3.17. The van der Waals surface area contributed by atoms with Crippen LogP contribution in [0, 0.1) is 6.92 Å². The van der Waals surface area contributed by atoms with Gasteiger partial charge in [0.2, 0.25) is 0 Å². The lowest BCUT2D eigenvalue weighted by Crippen LogP contribution is -2.28. The summed E-state index contributed by atoms with van der Waals surface area (Å²) < 4.78 is 11.3. The molecule has 9 heteroatoms. The van der Waals surface area contributed by atoms with E-state index in [-0.39, 0.29) is 17.7 Å². The van der Waals surface area contributed by atoms with E-state index in [1.165, 1.54) is 33.7 Å². The number of hydrazone groups is 1. The monoisotopic (exact) mass is 450 g/mol. The molecule has 31 heavy (non-hydrogen) atoms. The molecule has 156 valence electrons. The fourth-order valence-electron chi connectivity index (χ4n) is 3.32. The van der Waals surface area contributed by atoms with Crippen LogP contribution >= 0.6 is 23.1 Å². The molecule has 1 aliphatic heterocycles. The molecule has 0 saturated carbocycles. The Morgan fingerprint density at radius 2 is 2.06 bits per heavy atom. The van der Waals surface area contributed by atoms with Crippen LogP contribution in [-0.4, -0.2) is 32.6 Å². The van der Waals surface area contributed by atoms with Crippen LogP contribution in [0.2, 0.25) is 0 Å². The maximum atomic E-state index is 13.1. The van der Waals surface area contributed by atoms with Crippen LogP contribution in [0.1, 0.15) is 29.3 Å². The first-order chi connectivity index (χ1) is 15.2. The zero-order valence-corrected chi connectivity index (χ0v) is 18.2. The van der Waals surface area contributed by atoms with Crippen LogP contribution < -0.4 is 0 Å². The van der Waals surface area contributed by atoms with Crippen LogP contribution in [0.25, 0.3) is 10.8 Å². The van der Waals surface area contributed by atoms with Crippen molar-refractivity contribution in [3.8, 4) is 10.8 Å². The van der Waals surface area contributed by atoms with Gasteiger partial charge in [-0.2, -0.15) is 5.10 Å². The Morgan fingerprint density at radius 3 is 2.81 bits per heavy atom. The lowest BCUT2D eigenvalue weighted by molar-refractivity contribution is -0.130. The molecule has 1 aromatic carbocycles. The van der Waals surface area contributed by atoms with Gasteiger partial charge in [0.15, 0.2) is 0 Å². The number of hydrogen-bond donors (Lipinski definition) is 0. The van der Waals surface area contributed by atoms with Gasteiger partial charge in [-0.25, -0.2) is 5.01 Å². The molecule has 4 heterocycles. The number of aromatic nitrogens is 2. The summed E-state index contributed by atoms with van der Waals surface area (Å²) in [5.74, 6) is 1.15. The van der Waals surface area contributed by atoms with Gasteiger partial charge in [-0.1, -0.05) is 47.7 Å². The van der Waals surface area contributed by atoms with Gasteiger partial charge >= 0.3 is 0 Å². The first kappa shape index (κ1) is 19.8. The van der Waals surface area contributed by atoms with Crippen molar-refractivity contribution in [2.75, 3.05) is 5.75 Å². The van der Waals surface area contributed by atoms with Gasteiger partial charge in [0, 0.05) is 6.42 Å². The highest BCUT2D eigenvalue weighted by atomic mass is 32.2. The molecular formula is C22H18N4O3S2. The first-order valence-electron chi connectivity index (χ1n) is 9.67. The largest absolute Gasteiger partial charge is 0.467 e. The normalized spacial score (nSPS) is 16.0. The van der Waals surface area contributed by atoms with Crippen molar-refractivity contribution >= 4 is 34.7 Å². The fraction of sp³-hybridized carbons (Fsp3) is 0.182. The molecule has 3 aromatic heterocycles. The quantitative estimate of drug-likeness (QED) is 0.377. The number of thiophene rings is 1. The third kappa shape index (κ3) is 4.19. The molecule has 1 aliphatic rings. The Kier molecular flexibility index (Phi) is 5.44. The molecule has 5 rings (SSSR count). The molecule has 7 nitrogen and oxygen atoms in total. The van der Waals surface area contributed by atoms with Gasteiger partial charge in [0.05, 0.1) is 22.6 Å². The number of furan rings is 1. The van der Waals surface area contributed by atoms with Crippen LogP contribution in [-0.2, 0) is 4.79 Å². The maximum Gasteiger partial charge on any atom is 0.277 e. The van der Waals surface area contributed by atoms with Gasteiger partial charge in [-0.3, -0.25) is 4.79 Å². The van der Waals surface area contributed by atoms with Crippen molar-refractivity contribution in [3.05, 3.63) is 77.1 Å². The van der Waals surface area contributed by atoms with Crippen LogP contribution in [0.15, 0.2) is 79.3 Å². The van der Waals surface area contributed by atoms with Crippen LogP contribution in [0.4, 0.5) is 0 Å². The molecule has 0 saturated heterocycles. The van der Waals surface area contributed by atoms with E-state index in [4.69, 9.17) is 8.83 Å². The standard InChI is InChI=1S/C22H18N4O3S2/c1-14-6-8-15(9-7-14)16-12-17(18-4-2-10-28-18)26(25-16)20(27)13-31-22-24-23-21(29-22)19-5-3-11-30-19/h2-11,17H,12-13H2,1H3/t17-/m0/s1. The number of carbonyl (C=O) groups is 1. The number of nitrogens with zero attached hydrogens (tertiary/aromatic N) is 4. The number of benzene rings is 1. The highest BCUT2D eigenvalue weighted by molar-refractivity contribution is 7.99. The molecule has 0 bridgehead atoms. The molecule has 0 radical (unpaired) electrons. The number of aryl methyl sites for hydroxylation is 1. The Balaban J connectivity index is 1.33. The number of carbonyl (C=O) groups excluding carboxylic acids is 1. The molecule has 0 N–H and O–H groups in total. The second-order valence-corrected chi connectivity index (χ2v) is 8.90. The molecule has 0 aliphatic carbocycles. The van der Waals surface area contributed by atoms with Crippen molar-refractivity contribution in [2.45, 2.75) is 24.6 Å². The van der Waals surface area contributed by atoms with Gasteiger partial charge in [-0.05, 0) is 36.1 Å². The summed E-state index contributed by atoms with van der Waals surface area (Å²) in [7, 11) is 0. The van der Waals surface area contributed by atoms with E-state index < -0.39 is 0 Å². The summed E-state index contributed by atoms with van der Waals surface area (Å²) in [6, 6.07) is 15.4. The first-order valence-corrected chi connectivity index (χ1v) is 11.5. The van der Waals surface area contributed by atoms with E-state index in [1.807, 2.05) is 60.8 Å². The second-order valence-electron chi connectivity index (χ2n) is 7.03. The number of hydrogen-bond acceptors (Lipinski definition) is 8. The second kappa shape index (κ2) is 8.52. The number of amides is 1. The van der Waals surface area contributed by atoms with E-state index in [9.17, 15) is 4.79 Å². The van der Waals surface area contributed by atoms with E-state index in [0.29, 0.717) is 23.3 Å². The Bertz CT molecular complexity index is 1200. The number of rotatable bonds is 6. The predicted molar refractivity (Wildman–Crippen MR) is 119 cm³/mol. The molecular weight excluding hydrogens is 432 g/mol. The molecule has 1 amide bonds. The minimum Gasteiger partial charge on any atom is -0.467 e. The molecule has 4 aromatic rings. The summed E-state index contributed by atoms with van der Waals surface area (Å²) >= 11 is 2.73. The van der Waals surface area contributed by atoms with Gasteiger partial charge in [0.25, 0.3) is 17.0 Å². The smallest absolute Gasteiger partial charge is 0.277 e. The van der Waals surface area contributed by atoms with Gasteiger partial charge in [0.1, 0.15) is 11.8 Å². The fourth-order valence-corrected chi connectivity index (χ4v) is 4.58. The average molecular weight is 451 g/mol. The average Bonchev–Trinajstić information content (AvgIpc) is 3.58. The summed E-state index contributed by atoms with van der Waals surface area (Å²) in [5, 5.41) is 16.6. The summed E-state index contributed by atoms with van der Waals surface area (Å²) in [6.07, 6.45) is 2.21. The van der Waals surface area contributed by atoms with Crippen molar-refractivity contribution in [3.63, 3.8) is 0 Å². The highest BCUT2D eigenvalue weighted by Crippen LogP contribution is 2.34. The van der Waals surface area contributed by atoms with Crippen LogP contribution in [0.3, 0.4) is 0 Å². The summed E-state index contributed by atoms with van der Waals surface area (Å²) in [6.45, 7) is 2.04. The minimum absolute atomic E-state index is 0.133. The van der Waals surface area contributed by atoms with Crippen LogP contribution in [0.5, 0.6) is 0 Å². The van der Waals surface area contributed by atoms with Crippen molar-refractivity contribution in [1.29, 1.82) is 0 Å². The summed E-state index contributed by atoms with van der Waals surface area (Å²) in [5.41, 5.74) is 3.04. The predicted octanol–water partition coefficient (Wildman–Crippen LogP) is 5.17. The lowest BCUT2D eigenvalue weighted by atomic mass is 10.0. The van der Waals surface area contributed by atoms with E-state index in [1.54, 1.807) is 6.26 Å². The highest BCUT2D eigenvalue weighted by Gasteiger charge is 2.35. The van der Waals surface area contributed by atoms with Crippen molar-refractivity contribution in [1.82, 2.24) is 15.2 Å². The van der Waals surface area contributed by atoms with E-state index >= 15 is 0 Å². The Morgan fingerprint density at radius 1 is 1.19 bits per heavy atom. The maximum absolute atomic E-state index is 13.1. The van der Waals surface area contributed by atoms with Gasteiger partial charge < -0.3 is 8.83 Å². The third-order valence-corrected chi connectivity index (χ3v) is 6.54. The van der Waals surface area contributed by atoms with E-state index in [0.717, 1.165) is 16.2 Å². The SMILES string of the molecule is Cc1ccc(C2=NN(C(=O)CSc3nnc(-c4cccs4)o3)[C@H](c3ccco3)C2)cc1. The molecule has 1 atom stereocenters. The molecule has 0 spiro atoms. The van der Waals surface area contributed by atoms with Gasteiger partial charge in [-0.15, -0.1) is 21.5 Å². The Labute approximate surface area is 186 Å². The zero-order chi connectivity index (χ0) is 21.2. The molecule has 0 fully saturated rings. The minimum atomic E-state index is -0.274. The third-order valence-electron chi connectivity index (χ3n) is 4.88. The van der Waals surface area contributed by atoms with Crippen molar-refractivity contribution in [2.24, 2.45) is 5.10 Å². The van der Waals surface area contributed by atoms with E-state index in [2.05, 4.69) is 15.3 Å². The zero-order valence-electron chi connectivity index (χ0n) is 16.6. The lowest BCUT2D eigenvalue weighted by Gasteiger charge is -2.19. The molecule has 0 unspecified atom stereocenters. The van der Waals surface area contributed by atoms with Crippen molar-refractivity contribution < 1.29 is 13.6 Å². The number of thioether (sulfide) groups is 1. The summed E-state index contributed by atoms with van der Waals surface area (Å²) in [4.78, 5) is 14.0.